The summed E-state index contributed by atoms with van der Waals surface area (Å²) < 4.78 is 0. The van der Waals surface area contributed by atoms with Crippen molar-refractivity contribution < 1.29 is 9.59 Å². The fraction of sp³-hybridized carbons (Fsp3) is 0. The Hall–Kier alpha value is -3.08. The van der Waals surface area contributed by atoms with Gasteiger partial charge in [0.2, 0.25) is 0 Å². The predicted octanol–water partition coefficient (Wildman–Crippen LogP) is 5.40. The Balaban J connectivity index is 1.86. The van der Waals surface area contributed by atoms with Crippen LogP contribution in [0.15, 0.2) is 84.6 Å². The first-order valence-corrected chi connectivity index (χ1v) is 9.17. The zero-order valence-electron chi connectivity index (χ0n) is 14.7. The van der Waals surface area contributed by atoms with E-state index in [-0.39, 0.29) is 11.6 Å². The van der Waals surface area contributed by atoms with E-state index >= 15 is 0 Å². The van der Waals surface area contributed by atoms with Crippen LogP contribution < -0.4 is 10.6 Å². The van der Waals surface area contributed by atoms with Gasteiger partial charge >= 0.3 is 0 Å². The zero-order valence-corrected chi connectivity index (χ0v) is 16.2. The van der Waals surface area contributed by atoms with Gasteiger partial charge in [-0.15, -0.1) is 0 Å². The van der Waals surface area contributed by atoms with Crippen molar-refractivity contribution in [1.29, 1.82) is 0 Å². The van der Waals surface area contributed by atoms with Gasteiger partial charge in [-0.1, -0.05) is 53.5 Å². The van der Waals surface area contributed by atoms with Gasteiger partial charge in [0.25, 0.3) is 11.8 Å². The van der Waals surface area contributed by atoms with Crippen molar-refractivity contribution in [3.63, 3.8) is 0 Å². The quantitative estimate of drug-likeness (QED) is 0.552. The largest absolute Gasteiger partial charge is 0.321 e. The van der Waals surface area contributed by atoms with Crippen LogP contribution in [-0.4, -0.2) is 11.8 Å². The Morgan fingerprint density at radius 3 is 1.93 bits per heavy atom. The van der Waals surface area contributed by atoms with Crippen LogP contribution in [-0.2, 0) is 4.79 Å². The number of nitrogens with one attached hydrogen (secondary N) is 2. The normalized spacial score (nSPS) is 11.0. The summed E-state index contributed by atoms with van der Waals surface area (Å²) in [5.74, 6) is -0.839. The molecular weight excluding hydrogens is 395 g/mol. The van der Waals surface area contributed by atoms with Gasteiger partial charge < -0.3 is 10.6 Å². The predicted molar refractivity (Wildman–Crippen MR) is 113 cm³/mol. The number of rotatable bonds is 5. The van der Waals surface area contributed by atoms with Gasteiger partial charge in [-0.3, -0.25) is 9.59 Å². The van der Waals surface area contributed by atoms with Crippen LogP contribution in [0.2, 0.25) is 10.0 Å². The average Bonchev–Trinajstić information content (AvgIpc) is 2.71. The monoisotopic (exact) mass is 410 g/mol. The highest BCUT2D eigenvalue weighted by atomic mass is 35.5. The molecule has 2 N–H and O–H groups in total. The van der Waals surface area contributed by atoms with E-state index in [1.807, 2.05) is 6.07 Å². The first kappa shape index (κ1) is 19.7. The number of amides is 2. The minimum Gasteiger partial charge on any atom is -0.321 e. The Morgan fingerprint density at radius 1 is 0.750 bits per heavy atom. The maximum Gasteiger partial charge on any atom is 0.272 e. The van der Waals surface area contributed by atoms with E-state index < -0.39 is 5.91 Å². The number of anilines is 1. The van der Waals surface area contributed by atoms with E-state index in [4.69, 9.17) is 23.2 Å². The third-order valence-corrected chi connectivity index (χ3v) is 4.32. The molecule has 0 fully saturated rings. The van der Waals surface area contributed by atoms with E-state index in [1.54, 1.807) is 78.9 Å². The third-order valence-electron chi connectivity index (χ3n) is 3.81. The number of carbonyl (C=O) groups excluding carboxylic acids is 2. The second kappa shape index (κ2) is 9.22. The molecule has 6 heteroatoms. The van der Waals surface area contributed by atoms with Crippen molar-refractivity contribution in [3.8, 4) is 0 Å². The van der Waals surface area contributed by atoms with Crippen molar-refractivity contribution in [2.24, 2.45) is 0 Å². The maximum absolute atomic E-state index is 12.8. The highest BCUT2D eigenvalue weighted by Crippen LogP contribution is 2.16. The molecule has 0 aliphatic rings. The van der Waals surface area contributed by atoms with Crippen molar-refractivity contribution in [3.05, 3.63) is 106 Å². The molecule has 0 radical (unpaired) electrons. The summed E-state index contributed by atoms with van der Waals surface area (Å²) in [6.07, 6.45) is 1.59. The molecule has 0 aromatic heterocycles. The fourth-order valence-corrected chi connectivity index (χ4v) is 2.65. The fourth-order valence-electron chi connectivity index (χ4n) is 2.40. The van der Waals surface area contributed by atoms with Gasteiger partial charge in [0.05, 0.1) is 0 Å². The minimum absolute atomic E-state index is 0.103. The lowest BCUT2D eigenvalue weighted by atomic mass is 10.1. The zero-order chi connectivity index (χ0) is 19.9. The number of hydrogen-bond donors (Lipinski definition) is 2. The van der Waals surface area contributed by atoms with Crippen molar-refractivity contribution >= 4 is 46.8 Å². The smallest absolute Gasteiger partial charge is 0.272 e. The molecule has 0 heterocycles. The highest BCUT2D eigenvalue weighted by Gasteiger charge is 2.15. The molecule has 0 bridgehead atoms. The number of hydrogen-bond acceptors (Lipinski definition) is 2. The summed E-state index contributed by atoms with van der Waals surface area (Å²) in [4.78, 5) is 25.3. The summed E-state index contributed by atoms with van der Waals surface area (Å²) in [5.41, 5.74) is 1.83. The van der Waals surface area contributed by atoms with E-state index in [0.717, 1.165) is 5.56 Å². The molecule has 0 spiro atoms. The highest BCUT2D eigenvalue weighted by molar-refractivity contribution is 6.31. The van der Waals surface area contributed by atoms with Gasteiger partial charge in [-0.2, -0.15) is 0 Å². The van der Waals surface area contributed by atoms with Gasteiger partial charge in [0.1, 0.15) is 5.70 Å². The topological polar surface area (TPSA) is 58.2 Å². The molecule has 0 saturated carbocycles. The summed E-state index contributed by atoms with van der Waals surface area (Å²) in [7, 11) is 0. The lowest BCUT2D eigenvalue weighted by Gasteiger charge is -2.11. The standard InChI is InChI=1S/C22H16Cl2N2O2/c23-17-8-6-15(7-9-17)14-20(26-21(27)16-4-2-1-3-5-16)22(28)25-19-12-10-18(24)11-13-19/h1-14H,(H,25,28)(H,26,27)/b20-14-. The molecule has 2 amide bonds. The molecule has 0 saturated heterocycles. The number of carbonyl (C=O) groups is 2. The Kier molecular flexibility index (Phi) is 6.48. The molecule has 0 unspecified atom stereocenters. The van der Waals surface area contributed by atoms with Gasteiger partial charge in [-0.25, -0.2) is 0 Å². The first-order chi connectivity index (χ1) is 13.5. The van der Waals surface area contributed by atoms with E-state index in [0.29, 0.717) is 21.3 Å². The Bertz CT molecular complexity index is 999. The first-order valence-electron chi connectivity index (χ1n) is 8.42. The lowest BCUT2D eigenvalue weighted by Crippen LogP contribution is -2.30. The van der Waals surface area contributed by atoms with Crippen LogP contribution in [0, 0.1) is 0 Å². The Morgan fingerprint density at radius 2 is 1.32 bits per heavy atom. The second-order valence-electron chi connectivity index (χ2n) is 5.89. The molecular formula is C22H16Cl2N2O2. The van der Waals surface area contributed by atoms with Crippen LogP contribution in [0.1, 0.15) is 15.9 Å². The lowest BCUT2D eigenvalue weighted by molar-refractivity contribution is -0.113. The maximum atomic E-state index is 12.8. The van der Waals surface area contributed by atoms with Crippen LogP contribution >= 0.6 is 23.2 Å². The molecule has 0 aliphatic carbocycles. The number of benzene rings is 3. The van der Waals surface area contributed by atoms with Crippen LogP contribution in [0.4, 0.5) is 5.69 Å². The number of halogens is 2. The minimum atomic E-state index is -0.457. The van der Waals surface area contributed by atoms with Gasteiger partial charge in [0, 0.05) is 21.3 Å². The van der Waals surface area contributed by atoms with Gasteiger partial charge in [0.15, 0.2) is 0 Å². The molecule has 3 aromatic rings. The second-order valence-corrected chi connectivity index (χ2v) is 6.76. The molecule has 28 heavy (non-hydrogen) atoms. The molecule has 0 atom stereocenters. The third kappa shape index (κ3) is 5.46. The van der Waals surface area contributed by atoms with Crippen molar-refractivity contribution in [2.45, 2.75) is 0 Å². The molecule has 140 valence electrons. The summed E-state index contributed by atoms with van der Waals surface area (Å²) in [5, 5.41) is 6.57. The van der Waals surface area contributed by atoms with E-state index in [2.05, 4.69) is 10.6 Å². The van der Waals surface area contributed by atoms with Crippen LogP contribution in [0.5, 0.6) is 0 Å². The van der Waals surface area contributed by atoms with Gasteiger partial charge in [-0.05, 0) is 60.2 Å². The molecule has 3 aromatic carbocycles. The molecule has 3 rings (SSSR count). The van der Waals surface area contributed by atoms with Crippen LogP contribution in [0.3, 0.4) is 0 Å². The molecule has 4 nitrogen and oxygen atoms in total. The van der Waals surface area contributed by atoms with Crippen LogP contribution in [0.25, 0.3) is 6.08 Å². The van der Waals surface area contributed by atoms with E-state index in [9.17, 15) is 9.59 Å². The average molecular weight is 411 g/mol. The Labute approximate surface area is 172 Å². The summed E-state index contributed by atoms with van der Waals surface area (Å²) >= 11 is 11.8. The summed E-state index contributed by atoms with van der Waals surface area (Å²) in [6, 6.07) is 22.3. The molecule has 0 aliphatic heterocycles. The van der Waals surface area contributed by atoms with Crippen molar-refractivity contribution in [1.82, 2.24) is 5.32 Å². The summed E-state index contributed by atoms with van der Waals surface area (Å²) in [6.45, 7) is 0. The van der Waals surface area contributed by atoms with E-state index in [1.165, 1.54) is 0 Å². The SMILES string of the molecule is O=C(Nc1ccc(Cl)cc1)/C(=C/c1ccc(Cl)cc1)NC(=O)c1ccccc1. The van der Waals surface area contributed by atoms with Crippen molar-refractivity contribution in [2.75, 3.05) is 5.32 Å².